The highest BCUT2D eigenvalue weighted by molar-refractivity contribution is 6.35. The lowest BCUT2D eigenvalue weighted by molar-refractivity contribution is -0.131. The Morgan fingerprint density at radius 1 is 0.422 bits per heavy atom. The van der Waals surface area contributed by atoms with Gasteiger partial charge in [0.1, 0.15) is 24.2 Å². The van der Waals surface area contributed by atoms with E-state index in [2.05, 4.69) is 21.3 Å². The third-order valence-electron chi connectivity index (χ3n) is 21.2. The van der Waals surface area contributed by atoms with E-state index in [0.717, 1.165) is 57.1 Å². The zero-order chi connectivity index (χ0) is 72.5. The molecule has 20 nitrogen and oxygen atoms in total. The molecule has 102 heavy (non-hydrogen) atoms. The molecule has 5 aromatic carbocycles. The Morgan fingerprint density at radius 2 is 0.814 bits per heavy atom. The standard InChI is InChI=1S/C24H29ClN2O3.C20H26N2O3.C20H20N2O3.C15H16Cl2N2O3/c25-19-4-2-1-3-18(19)5-7-21(28)20-6-8-22(29)27(20)23(30)26-24-12-15-9-16(13-24)11-17(10-15)14-24;2*23-18(13-11-15-7-3-1-4-8-15)17-12-14-19(24)22(17)20(25)21-16-9-5-2-6-10-16;1-18-15(22)19-12(5-7-14(19)21)13(20)6-3-9-2-4-10(16)8-11(9)17/h1-4,15-17,20H,5-14H2,(H,26,30);2,5-6,9-10,15,17H,1,3-4,7-8,11-14H2,(H,21,25);1-10,17H,11-14H2,(H,21,25);2,4,8,12H,3,5-7H2,1H3,(H,18,22)/t15?,16?,17?,20-,24?;2*17-;12-/m0000/s1. The number of ketones is 4. The van der Waals surface area contributed by atoms with Crippen molar-refractivity contribution in [2.75, 3.05) is 17.7 Å². The maximum Gasteiger partial charge on any atom is 0.329 e. The molecule has 0 spiro atoms. The summed E-state index contributed by atoms with van der Waals surface area (Å²) in [6.45, 7) is 0. The molecule has 0 unspecified atom stereocenters. The van der Waals surface area contributed by atoms with Crippen LogP contribution in [0, 0.1) is 23.7 Å². The molecule has 4 heterocycles. The Labute approximate surface area is 611 Å². The van der Waals surface area contributed by atoms with Gasteiger partial charge in [0.15, 0.2) is 23.1 Å². The Kier molecular flexibility index (Phi) is 26.9. The number of carbonyl (C=O) groups excluding carboxylic acids is 12. The summed E-state index contributed by atoms with van der Waals surface area (Å²) < 4.78 is 0. The van der Waals surface area contributed by atoms with Crippen molar-refractivity contribution in [1.29, 1.82) is 0 Å². The number of benzene rings is 5. The molecule has 23 heteroatoms. The lowest BCUT2D eigenvalue weighted by Crippen LogP contribution is -2.63. The molecule has 14 rings (SSSR count). The van der Waals surface area contributed by atoms with Crippen LogP contribution in [0.15, 0.2) is 133 Å². The molecule has 4 N–H and O–H groups in total. The average molecular weight is 1450 g/mol. The normalized spacial score (nSPS) is 23.3. The van der Waals surface area contributed by atoms with Gasteiger partial charge in [-0.3, -0.25) is 58.0 Å². The molecule has 9 aliphatic rings. The number of urea groups is 4. The van der Waals surface area contributed by atoms with Gasteiger partial charge in [-0.2, -0.15) is 0 Å². The van der Waals surface area contributed by atoms with Gasteiger partial charge in [0.25, 0.3) is 0 Å². The fourth-order valence-electron chi connectivity index (χ4n) is 16.4. The van der Waals surface area contributed by atoms with Crippen molar-refractivity contribution < 1.29 is 57.5 Å². The lowest BCUT2D eigenvalue weighted by Gasteiger charge is -2.57. The number of anilines is 2. The molecule has 0 aromatic heterocycles. The SMILES string of the molecule is CNC(=O)N1C(=O)CC[C@H]1C(=O)CCc1ccc(Cl)cc1Cl.O=C(CCC1CCCCC1)[C@@H]1CCC(=O)N1C(=O)Nc1ccccc1.O=C(CCc1ccccc1)[C@@H]1CCC(=O)N1C(=O)Nc1ccccc1.O=C(CCc1ccccc1Cl)[C@@H]1CCC(=O)N1C(=O)NC12CC3CC(CC(C3)C1)C2. The maximum absolute atomic E-state index is 13.2. The summed E-state index contributed by atoms with van der Waals surface area (Å²) in [5, 5.41) is 12.7. The van der Waals surface area contributed by atoms with Crippen molar-refractivity contribution in [3.63, 3.8) is 0 Å². The third-order valence-corrected chi connectivity index (χ3v) is 22.1. The fraction of sp³-hybridized carbons (Fsp3) is 0.468. The van der Waals surface area contributed by atoms with E-state index in [9.17, 15) is 57.5 Å². The number of rotatable bonds is 19. The monoisotopic (exact) mass is 1450 g/mol. The summed E-state index contributed by atoms with van der Waals surface area (Å²) in [7, 11) is 1.43. The Morgan fingerprint density at radius 3 is 1.25 bits per heavy atom. The Bertz CT molecular complexity index is 3840. The van der Waals surface area contributed by atoms with E-state index < -0.39 is 42.3 Å². The van der Waals surface area contributed by atoms with Crippen LogP contribution in [0.3, 0.4) is 0 Å². The minimum absolute atomic E-state index is 0.0274. The molecular weight excluding hydrogens is 1360 g/mol. The first kappa shape index (κ1) is 76.1. The number of aryl methyl sites for hydroxylation is 3. The van der Waals surface area contributed by atoms with E-state index in [-0.39, 0.29) is 96.9 Å². The van der Waals surface area contributed by atoms with Gasteiger partial charge >= 0.3 is 24.1 Å². The van der Waals surface area contributed by atoms with Gasteiger partial charge in [-0.25, -0.2) is 19.2 Å². The minimum atomic E-state index is -0.682. The van der Waals surface area contributed by atoms with Crippen molar-refractivity contribution in [3.05, 3.63) is 165 Å². The molecule has 540 valence electrons. The maximum atomic E-state index is 13.2. The van der Waals surface area contributed by atoms with Crippen LogP contribution in [0.5, 0.6) is 0 Å². The number of carbonyl (C=O) groups is 12. The molecular formula is C79H91Cl3N8O12. The molecule has 4 bridgehead atoms. The molecule has 4 aliphatic heterocycles. The van der Waals surface area contributed by atoms with Crippen molar-refractivity contribution in [3.8, 4) is 0 Å². The summed E-state index contributed by atoms with van der Waals surface area (Å²) in [4.78, 5) is 153. The van der Waals surface area contributed by atoms with Crippen molar-refractivity contribution >= 4 is 117 Å². The fourth-order valence-corrected chi connectivity index (χ4v) is 17.1. The van der Waals surface area contributed by atoms with Crippen LogP contribution in [-0.2, 0) is 57.6 Å². The number of hydrogen-bond donors (Lipinski definition) is 4. The topological polar surface area (TPSA) is 266 Å². The second kappa shape index (κ2) is 36.0. The second-order valence-electron chi connectivity index (χ2n) is 28.3. The summed E-state index contributed by atoms with van der Waals surface area (Å²) in [5.41, 5.74) is 3.86. The van der Waals surface area contributed by atoms with Gasteiger partial charge in [-0.05, 0) is 173 Å². The van der Waals surface area contributed by atoms with Crippen LogP contribution < -0.4 is 21.3 Å². The number of nitrogens with one attached hydrogen (secondary N) is 4. The molecule has 9 fully saturated rings. The largest absolute Gasteiger partial charge is 0.341 e. The molecule has 12 amide bonds. The van der Waals surface area contributed by atoms with E-state index in [1.807, 2.05) is 78.9 Å². The predicted molar refractivity (Wildman–Crippen MR) is 389 cm³/mol. The number of Topliss-reactive ketones (excluding diaryl/α,β-unsaturated/α-hetero) is 4. The smallest absolute Gasteiger partial charge is 0.329 e. The second-order valence-corrected chi connectivity index (χ2v) is 29.5. The summed E-state index contributed by atoms with van der Waals surface area (Å²) in [5.74, 6) is 1.41. The number of likely N-dealkylation sites (tertiary alicyclic amines) is 4. The quantitative estimate of drug-likeness (QED) is 0.0601. The summed E-state index contributed by atoms with van der Waals surface area (Å²) in [6.07, 6.45) is 19.5. The lowest BCUT2D eigenvalue weighted by atomic mass is 9.53. The molecule has 0 radical (unpaired) electrons. The number of amides is 12. The molecule has 4 atom stereocenters. The van der Waals surface area contributed by atoms with Gasteiger partial charge in [0, 0.05) is 90.4 Å². The first-order chi connectivity index (χ1) is 49.2. The third kappa shape index (κ3) is 20.0. The van der Waals surface area contributed by atoms with Crippen LogP contribution in [0.4, 0.5) is 30.6 Å². The molecule has 4 saturated heterocycles. The highest BCUT2D eigenvalue weighted by Crippen LogP contribution is 2.56. The van der Waals surface area contributed by atoms with Gasteiger partial charge in [0.2, 0.25) is 23.6 Å². The summed E-state index contributed by atoms with van der Waals surface area (Å²) in [6, 6.07) is 35.7. The predicted octanol–water partition coefficient (Wildman–Crippen LogP) is 14.9. The van der Waals surface area contributed by atoms with Crippen LogP contribution in [0.1, 0.15) is 171 Å². The van der Waals surface area contributed by atoms with Gasteiger partial charge < -0.3 is 21.3 Å². The number of para-hydroxylation sites is 2. The van der Waals surface area contributed by atoms with E-state index in [1.165, 1.54) is 63.3 Å². The highest BCUT2D eigenvalue weighted by Gasteiger charge is 2.53. The highest BCUT2D eigenvalue weighted by atomic mass is 35.5. The van der Waals surface area contributed by atoms with Gasteiger partial charge in [0.05, 0.1) is 0 Å². The first-order valence-corrected chi connectivity index (χ1v) is 37.2. The van der Waals surface area contributed by atoms with Crippen LogP contribution in [0.2, 0.25) is 15.1 Å². The number of halogens is 3. The first-order valence-electron chi connectivity index (χ1n) is 36.0. The van der Waals surface area contributed by atoms with Crippen LogP contribution in [0.25, 0.3) is 0 Å². The Balaban J connectivity index is 0.000000147. The van der Waals surface area contributed by atoms with E-state index in [1.54, 1.807) is 54.6 Å². The van der Waals surface area contributed by atoms with Crippen molar-refractivity contribution in [1.82, 2.24) is 30.2 Å². The Hall–Kier alpha value is -8.59. The zero-order valence-corrected chi connectivity index (χ0v) is 60.0. The molecule has 5 aromatic rings. The van der Waals surface area contributed by atoms with E-state index >= 15 is 0 Å². The molecule has 5 saturated carbocycles. The molecule has 5 aliphatic carbocycles. The van der Waals surface area contributed by atoms with Gasteiger partial charge in [-0.1, -0.05) is 158 Å². The van der Waals surface area contributed by atoms with Crippen molar-refractivity contribution in [2.24, 2.45) is 23.7 Å². The van der Waals surface area contributed by atoms with Crippen LogP contribution in [-0.4, -0.2) is 127 Å². The van der Waals surface area contributed by atoms with Gasteiger partial charge in [-0.15, -0.1) is 0 Å². The summed E-state index contributed by atoms with van der Waals surface area (Å²) >= 11 is 18.1. The van der Waals surface area contributed by atoms with E-state index in [0.29, 0.717) is 108 Å². The minimum Gasteiger partial charge on any atom is -0.341 e. The van der Waals surface area contributed by atoms with Crippen molar-refractivity contribution in [2.45, 2.75) is 203 Å². The number of hydrogen-bond acceptors (Lipinski definition) is 12. The zero-order valence-electron chi connectivity index (χ0n) is 57.7. The number of imide groups is 4. The number of nitrogens with zero attached hydrogens (tertiary/aromatic N) is 4. The van der Waals surface area contributed by atoms with E-state index in [4.69, 9.17) is 34.8 Å². The average Bonchev–Trinajstić information content (AvgIpc) is 1.08. The van der Waals surface area contributed by atoms with Crippen LogP contribution >= 0.6 is 34.8 Å².